The maximum absolute atomic E-state index is 12.3. The van der Waals surface area contributed by atoms with Gasteiger partial charge in [0.2, 0.25) is 0 Å². The van der Waals surface area contributed by atoms with Crippen LogP contribution in [-0.4, -0.2) is 10.2 Å². The van der Waals surface area contributed by atoms with Crippen LogP contribution in [0.4, 0.5) is 0 Å². The molecule has 0 amide bonds. The fourth-order valence-electron chi connectivity index (χ4n) is 11.2. The van der Waals surface area contributed by atoms with Crippen molar-refractivity contribution in [3.8, 4) is 11.5 Å². The Kier molecular flexibility index (Phi) is 3.96. The van der Waals surface area contributed by atoms with Crippen molar-refractivity contribution in [2.75, 3.05) is 0 Å². The van der Waals surface area contributed by atoms with Crippen LogP contribution in [0.25, 0.3) is 0 Å². The van der Waals surface area contributed by atoms with E-state index >= 15 is 0 Å². The first kappa shape index (κ1) is 20.2. The molecule has 1 aromatic rings. The third kappa shape index (κ3) is 2.70. The highest BCUT2D eigenvalue weighted by Gasteiger charge is 2.57. The van der Waals surface area contributed by atoms with E-state index in [0.717, 1.165) is 46.6 Å². The minimum Gasteiger partial charge on any atom is -0.508 e. The molecule has 2 heteroatoms. The van der Waals surface area contributed by atoms with Crippen molar-refractivity contribution in [1.29, 1.82) is 0 Å². The van der Waals surface area contributed by atoms with Gasteiger partial charge in [-0.15, -0.1) is 0 Å². The summed E-state index contributed by atoms with van der Waals surface area (Å²) in [4.78, 5) is 0. The Morgan fingerprint density at radius 1 is 0.656 bits per heavy atom. The smallest absolute Gasteiger partial charge is 0.123 e. The lowest BCUT2D eigenvalue weighted by atomic mass is 9.45. The molecule has 2 nitrogen and oxygen atoms in total. The first-order valence-electron chi connectivity index (χ1n) is 13.7. The Bertz CT molecular complexity index is 893. The molecule has 0 radical (unpaired) electrons. The molecule has 0 saturated heterocycles. The molecule has 8 aliphatic carbocycles. The van der Waals surface area contributed by atoms with Crippen molar-refractivity contribution in [1.82, 2.24) is 0 Å². The summed E-state index contributed by atoms with van der Waals surface area (Å²) in [6.45, 7) is 6.70. The zero-order chi connectivity index (χ0) is 22.0. The van der Waals surface area contributed by atoms with Gasteiger partial charge >= 0.3 is 0 Å². The molecule has 0 unspecified atom stereocenters. The Morgan fingerprint density at radius 3 is 1.41 bits per heavy atom. The summed E-state index contributed by atoms with van der Waals surface area (Å²) in [5.74, 6) is 6.12. The summed E-state index contributed by atoms with van der Waals surface area (Å²) in [6.07, 6.45) is 15.9. The second-order valence-electron chi connectivity index (χ2n) is 14.7. The van der Waals surface area contributed by atoms with Gasteiger partial charge in [0.1, 0.15) is 11.5 Å². The number of hydrogen-bond acceptors (Lipinski definition) is 2. The zero-order valence-electron chi connectivity index (χ0n) is 20.4. The maximum atomic E-state index is 12.3. The number of hydrogen-bond donors (Lipinski definition) is 2. The van der Waals surface area contributed by atoms with Gasteiger partial charge in [-0.1, -0.05) is 20.8 Å². The Hall–Kier alpha value is -1.18. The predicted molar refractivity (Wildman–Crippen MR) is 128 cm³/mol. The van der Waals surface area contributed by atoms with E-state index in [-0.39, 0.29) is 16.2 Å². The highest BCUT2D eigenvalue weighted by molar-refractivity contribution is 5.61. The normalized spacial score (nSPS) is 46.2. The molecule has 8 bridgehead atoms. The van der Waals surface area contributed by atoms with Crippen LogP contribution in [0, 0.1) is 35.5 Å². The van der Waals surface area contributed by atoms with Crippen LogP contribution >= 0.6 is 0 Å². The quantitative estimate of drug-likeness (QED) is 0.478. The molecule has 1 aromatic carbocycles. The molecule has 0 spiro atoms. The highest BCUT2D eigenvalue weighted by atomic mass is 16.3. The average Bonchev–Trinajstić information content (AvgIpc) is 2.66. The summed E-state index contributed by atoms with van der Waals surface area (Å²) in [7, 11) is 0. The molecule has 0 aliphatic heterocycles. The minimum absolute atomic E-state index is 0.0945. The van der Waals surface area contributed by atoms with Crippen molar-refractivity contribution in [3.63, 3.8) is 0 Å². The van der Waals surface area contributed by atoms with Crippen molar-refractivity contribution in [2.24, 2.45) is 35.5 Å². The van der Waals surface area contributed by atoms with Gasteiger partial charge in [0.25, 0.3) is 0 Å². The third-order valence-corrected chi connectivity index (χ3v) is 11.2. The Labute approximate surface area is 194 Å². The van der Waals surface area contributed by atoms with Gasteiger partial charge in [-0.05, 0) is 129 Å². The standard InChI is InChI=1S/C30H42O2/c1-28(2,3)25-24(31)10-23(29-11-17-4-18(12-29)6-19(5-17)13-29)27(32)26(25)30-14-20-7-21(15-30)9-22(8-20)16-30/h10,17-22,31-32H,4-9,11-16H2,1-3H3. The summed E-state index contributed by atoms with van der Waals surface area (Å²) in [5, 5.41) is 23.9. The lowest BCUT2D eigenvalue weighted by molar-refractivity contribution is -0.0110. The van der Waals surface area contributed by atoms with E-state index in [1.807, 2.05) is 6.07 Å². The van der Waals surface area contributed by atoms with Crippen LogP contribution in [-0.2, 0) is 16.2 Å². The lowest BCUT2D eigenvalue weighted by Gasteiger charge is -2.59. The van der Waals surface area contributed by atoms with Crippen molar-refractivity contribution in [3.05, 3.63) is 22.8 Å². The molecule has 0 heterocycles. The van der Waals surface area contributed by atoms with E-state index in [1.54, 1.807) is 0 Å². The molecule has 8 fully saturated rings. The van der Waals surface area contributed by atoms with Crippen molar-refractivity contribution < 1.29 is 10.2 Å². The van der Waals surface area contributed by atoms with Crippen molar-refractivity contribution >= 4 is 0 Å². The van der Waals surface area contributed by atoms with Crippen LogP contribution in [0.1, 0.15) is 115 Å². The van der Waals surface area contributed by atoms with E-state index in [9.17, 15) is 10.2 Å². The predicted octanol–water partition coefficient (Wildman–Crippen LogP) is 7.33. The zero-order valence-corrected chi connectivity index (χ0v) is 20.4. The minimum atomic E-state index is -0.166. The van der Waals surface area contributed by atoms with Crippen LogP contribution in [0.15, 0.2) is 6.07 Å². The first-order chi connectivity index (χ1) is 15.1. The number of phenolic OH excluding ortho intramolecular Hbond substituents is 2. The van der Waals surface area contributed by atoms with Gasteiger partial charge in [0.05, 0.1) is 0 Å². The maximum Gasteiger partial charge on any atom is 0.123 e. The Morgan fingerprint density at radius 2 is 1.03 bits per heavy atom. The van der Waals surface area contributed by atoms with Gasteiger partial charge in [0.15, 0.2) is 0 Å². The SMILES string of the molecule is CC(C)(C)c1c(O)cc(C23CC4CC(CC(C4)C2)C3)c(O)c1C12CC3CC(CC(C3)C1)C2. The molecule has 8 aliphatic rings. The van der Waals surface area contributed by atoms with Crippen LogP contribution in [0.2, 0.25) is 0 Å². The van der Waals surface area contributed by atoms with E-state index in [1.165, 1.54) is 82.6 Å². The number of aromatic hydroxyl groups is 2. The van der Waals surface area contributed by atoms with Crippen LogP contribution in [0.5, 0.6) is 11.5 Å². The fourth-order valence-corrected chi connectivity index (χ4v) is 11.2. The average molecular weight is 435 g/mol. The van der Waals surface area contributed by atoms with Gasteiger partial charge in [0, 0.05) is 22.1 Å². The molecule has 174 valence electrons. The fraction of sp³-hybridized carbons (Fsp3) is 0.800. The molecule has 0 aromatic heterocycles. The second kappa shape index (κ2) is 6.28. The summed E-state index contributed by atoms with van der Waals surface area (Å²) in [6, 6.07) is 2.05. The summed E-state index contributed by atoms with van der Waals surface area (Å²) < 4.78 is 0. The molecule has 9 rings (SSSR count). The number of phenols is 2. The highest BCUT2D eigenvalue weighted by Crippen LogP contribution is 2.67. The van der Waals surface area contributed by atoms with Gasteiger partial charge < -0.3 is 10.2 Å². The first-order valence-corrected chi connectivity index (χ1v) is 13.7. The van der Waals surface area contributed by atoms with E-state index < -0.39 is 0 Å². The van der Waals surface area contributed by atoms with Gasteiger partial charge in [-0.25, -0.2) is 0 Å². The second-order valence-corrected chi connectivity index (χ2v) is 14.7. The van der Waals surface area contributed by atoms with Gasteiger partial charge in [-0.2, -0.15) is 0 Å². The van der Waals surface area contributed by atoms with Crippen molar-refractivity contribution in [2.45, 2.75) is 114 Å². The molecular weight excluding hydrogens is 392 g/mol. The third-order valence-electron chi connectivity index (χ3n) is 11.2. The number of benzene rings is 1. The largest absolute Gasteiger partial charge is 0.508 e. The molecule has 8 saturated carbocycles. The molecule has 0 atom stereocenters. The van der Waals surface area contributed by atoms with E-state index in [2.05, 4.69) is 20.8 Å². The molecule has 2 N–H and O–H groups in total. The topological polar surface area (TPSA) is 40.5 Å². The monoisotopic (exact) mass is 434 g/mol. The summed E-state index contributed by atoms with van der Waals surface area (Å²) >= 11 is 0. The van der Waals surface area contributed by atoms with Crippen LogP contribution < -0.4 is 0 Å². The van der Waals surface area contributed by atoms with E-state index in [4.69, 9.17) is 0 Å². The van der Waals surface area contributed by atoms with E-state index in [0.29, 0.717) is 11.5 Å². The van der Waals surface area contributed by atoms with Crippen LogP contribution in [0.3, 0.4) is 0 Å². The molecular formula is C30H42O2. The number of rotatable bonds is 2. The molecule has 32 heavy (non-hydrogen) atoms. The summed E-state index contributed by atoms with van der Waals surface area (Å²) in [5.41, 5.74) is 3.45. The Balaban J connectivity index is 1.44. The van der Waals surface area contributed by atoms with Gasteiger partial charge in [-0.3, -0.25) is 0 Å². The lowest BCUT2D eigenvalue weighted by Crippen LogP contribution is -2.50.